The van der Waals surface area contributed by atoms with Crippen LogP contribution in [0.4, 0.5) is 0 Å². The van der Waals surface area contributed by atoms with E-state index in [4.69, 9.17) is 28.2 Å². The summed E-state index contributed by atoms with van der Waals surface area (Å²) in [6, 6.07) is 15.4. The molecule has 0 fully saturated rings. The van der Waals surface area contributed by atoms with Crippen LogP contribution in [0, 0.1) is 0 Å². The van der Waals surface area contributed by atoms with E-state index in [2.05, 4.69) is 11.9 Å². The van der Waals surface area contributed by atoms with E-state index in [1.165, 1.54) is 0 Å². The van der Waals surface area contributed by atoms with Gasteiger partial charge in [0.25, 0.3) is 5.56 Å². The minimum Gasteiger partial charge on any atom is -0.310 e. The van der Waals surface area contributed by atoms with Crippen LogP contribution < -0.4 is 5.56 Å². The molecule has 0 radical (unpaired) electrons. The third kappa shape index (κ3) is 3.53. The number of aromatic nitrogens is 2. The predicted molar refractivity (Wildman–Crippen MR) is 114 cm³/mol. The van der Waals surface area contributed by atoms with Crippen LogP contribution in [0.3, 0.4) is 0 Å². The summed E-state index contributed by atoms with van der Waals surface area (Å²) in [5, 5.41) is 1.59. The van der Waals surface area contributed by atoms with E-state index in [1.807, 2.05) is 42.5 Å². The molecule has 0 amide bonds. The van der Waals surface area contributed by atoms with Gasteiger partial charge in [0.05, 0.1) is 15.4 Å². The Morgan fingerprint density at radius 3 is 2.56 bits per heavy atom. The van der Waals surface area contributed by atoms with E-state index >= 15 is 0 Å². The number of hydrogen-bond donors (Lipinski definition) is 1. The van der Waals surface area contributed by atoms with Crippen molar-refractivity contribution in [1.82, 2.24) is 9.97 Å². The number of aromatic amines is 1. The first kappa shape index (κ1) is 18.2. The van der Waals surface area contributed by atoms with E-state index in [9.17, 15) is 4.79 Å². The minimum absolute atomic E-state index is 0.122. The quantitative estimate of drug-likeness (QED) is 0.437. The molecule has 0 unspecified atom stereocenters. The lowest BCUT2D eigenvalue weighted by molar-refractivity contribution is 0.977. The zero-order valence-corrected chi connectivity index (χ0v) is 16.9. The van der Waals surface area contributed by atoms with E-state index in [0.29, 0.717) is 27.7 Å². The van der Waals surface area contributed by atoms with Gasteiger partial charge in [0, 0.05) is 16.9 Å². The SMILES string of the molecule is CCc1sc2nc(Cc3ccccc3)[nH]c(=O)c2c1-c1ccc(Cl)c(Cl)c1. The number of rotatable bonds is 4. The summed E-state index contributed by atoms with van der Waals surface area (Å²) in [6.07, 6.45) is 1.40. The van der Waals surface area contributed by atoms with Crippen molar-refractivity contribution in [3.05, 3.63) is 85.2 Å². The second kappa shape index (κ2) is 7.47. The number of aryl methyl sites for hydroxylation is 1. The fraction of sp³-hybridized carbons (Fsp3) is 0.143. The van der Waals surface area contributed by atoms with Crippen molar-refractivity contribution in [1.29, 1.82) is 0 Å². The number of nitrogens with zero attached hydrogens (tertiary/aromatic N) is 1. The maximum atomic E-state index is 12.9. The standard InChI is InChI=1S/C21H16Cl2N2OS/c1-2-16-18(13-8-9-14(22)15(23)11-13)19-20(26)24-17(25-21(19)27-16)10-12-6-4-3-5-7-12/h3-9,11H,2,10H2,1H3,(H,24,25,26). The lowest BCUT2D eigenvalue weighted by Gasteiger charge is -2.05. The highest BCUT2D eigenvalue weighted by Crippen LogP contribution is 2.38. The van der Waals surface area contributed by atoms with Gasteiger partial charge in [-0.25, -0.2) is 4.98 Å². The fourth-order valence-corrected chi connectivity index (χ4v) is 4.63. The summed E-state index contributed by atoms with van der Waals surface area (Å²) in [7, 11) is 0. The zero-order chi connectivity index (χ0) is 19.0. The molecular formula is C21H16Cl2N2OS. The molecule has 0 atom stereocenters. The maximum absolute atomic E-state index is 12.9. The van der Waals surface area contributed by atoms with Gasteiger partial charge >= 0.3 is 0 Å². The lowest BCUT2D eigenvalue weighted by atomic mass is 10.0. The fourth-order valence-electron chi connectivity index (χ4n) is 3.18. The monoisotopic (exact) mass is 414 g/mol. The Kier molecular flexibility index (Phi) is 5.04. The summed E-state index contributed by atoms with van der Waals surface area (Å²) in [5.74, 6) is 0.670. The van der Waals surface area contributed by atoms with Gasteiger partial charge in [-0.3, -0.25) is 4.79 Å². The molecule has 6 heteroatoms. The van der Waals surface area contributed by atoms with E-state index in [1.54, 1.807) is 17.4 Å². The summed E-state index contributed by atoms with van der Waals surface area (Å²) in [5.41, 5.74) is 2.77. The van der Waals surface area contributed by atoms with Crippen LogP contribution in [-0.4, -0.2) is 9.97 Å². The minimum atomic E-state index is -0.122. The number of benzene rings is 2. The molecule has 136 valence electrons. The molecule has 0 aliphatic rings. The van der Waals surface area contributed by atoms with Crippen molar-refractivity contribution in [3.63, 3.8) is 0 Å². The van der Waals surface area contributed by atoms with Gasteiger partial charge < -0.3 is 4.98 Å². The average molecular weight is 415 g/mol. The van der Waals surface area contributed by atoms with Gasteiger partial charge in [-0.2, -0.15) is 0 Å². The first-order valence-corrected chi connectivity index (χ1v) is 10.2. The van der Waals surface area contributed by atoms with Crippen LogP contribution in [0.25, 0.3) is 21.3 Å². The van der Waals surface area contributed by atoms with Gasteiger partial charge in [-0.05, 0) is 29.7 Å². The highest BCUT2D eigenvalue weighted by Gasteiger charge is 2.18. The Morgan fingerprint density at radius 1 is 1.07 bits per heavy atom. The van der Waals surface area contributed by atoms with Crippen molar-refractivity contribution >= 4 is 44.8 Å². The number of H-pyrrole nitrogens is 1. The Morgan fingerprint density at radius 2 is 1.85 bits per heavy atom. The van der Waals surface area contributed by atoms with E-state index in [-0.39, 0.29) is 5.56 Å². The molecule has 2 aromatic heterocycles. The number of thiophene rings is 1. The van der Waals surface area contributed by atoms with Gasteiger partial charge in [-0.15, -0.1) is 11.3 Å². The molecule has 4 rings (SSSR count). The average Bonchev–Trinajstić information content (AvgIpc) is 3.04. The topological polar surface area (TPSA) is 45.8 Å². The molecule has 4 aromatic rings. The van der Waals surface area contributed by atoms with Crippen molar-refractivity contribution in [3.8, 4) is 11.1 Å². The highest BCUT2D eigenvalue weighted by atomic mass is 35.5. The number of hydrogen-bond acceptors (Lipinski definition) is 3. The van der Waals surface area contributed by atoms with Crippen LogP contribution in [-0.2, 0) is 12.8 Å². The van der Waals surface area contributed by atoms with Crippen LogP contribution >= 0.6 is 34.5 Å². The first-order chi connectivity index (χ1) is 13.1. The van der Waals surface area contributed by atoms with Gasteiger partial charge in [0.1, 0.15) is 10.7 Å². The number of fused-ring (bicyclic) bond motifs is 1. The third-order valence-electron chi connectivity index (χ3n) is 4.43. The molecule has 2 heterocycles. The molecule has 0 saturated heterocycles. The first-order valence-electron chi connectivity index (χ1n) is 8.60. The predicted octanol–water partition coefficient (Wildman–Crippen LogP) is 6.11. The molecule has 0 aliphatic heterocycles. The van der Waals surface area contributed by atoms with Crippen LogP contribution in [0.15, 0.2) is 53.3 Å². The van der Waals surface area contributed by atoms with Crippen LogP contribution in [0.2, 0.25) is 10.0 Å². The van der Waals surface area contributed by atoms with Crippen LogP contribution in [0.1, 0.15) is 23.2 Å². The summed E-state index contributed by atoms with van der Waals surface area (Å²) >= 11 is 13.8. The molecule has 27 heavy (non-hydrogen) atoms. The smallest absolute Gasteiger partial charge is 0.260 e. The molecule has 0 aliphatic carbocycles. The molecule has 1 N–H and O–H groups in total. The Labute approximate surface area is 170 Å². The number of nitrogens with one attached hydrogen (secondary N) is 1. The Balaban J connectivity index is 1.88. The van der Waals surface area contributed by atoms with Crippen LogP contribution in [0.5, 0.6) is 0 Å². The molecule has 2 aromatic carbocycles. The molecular weight excluding hydrogens is 399 g/mol. The summed E-state index contributed by atoms with van der Waals surface area (Å²) in [4.78, 5) is 22.5. The van der Waals surface area contributed by atoms with E-state index in [0.717, 1.165) is 32.8 Å². The van der Waals surface area contributed by atoms with Crippen molar-refractivity contribution in [2.45, 2.75) is 19.8 Å². The van der Waals surface area contributed by atoms with Crippen molar-refractivity contribution in [2.24, 2.45) is 0 Å². The Hall–Kier alpha value is -2.14. The molecule has 0 spiro atoms. The summed E-state index contributed by atoms with van der Waals surface area (Å²) < 4.78 is 0. The summed E-state index contributed by atoms with van der Waals surface area (Å²) in [6.45, 7) is 2.07. The molecule has 0 bridgehead atoms. The third-order valence-corrected chi connectivity index (χ3v) is 6.39. The largest absolute Gasteiger partial charge is 0.310 e. The highest BCUT2D eigenvalue weighted by molar-refractivity contribution is 7.19. The second-order valence-electron chi connectivity index (χ2n) is 6.24. The number of halogens is 2. The zero-order valence-electron chi connectivity index (χ0n) is 14.6. The van der Waals surface area contributed by atoms with Crippen molar-refractivity contribution in [2.75, 3.05) is 0 Å². The molecule has 0 saturated carbocycles. The lowest BCUT2D eigenvalue weighted by Crippen LogP contribution is -2.11. The normalized spacial score (nSPS) is 11.2. The molecule has 3 nitrogen and oxygen atoms in total. The maximum Gasteiger partial charge on any atom is 0.260 e. The van der Waals surface area contributed by atoms with Crippen molar-refractivity contribution < 1.29 is 0 Å². The van der Waals surface area contributed by atoms with Gasteiger partial charge in [0.2, 0.25) is 0 Å². The van der Waals surface area contributed by atoms with E-state index < -0.39 is 0 Å². The Bertz CT molecular complexity index is 1180. The second-order valence-corrected chi connectivity index (χ2v) is 8.14. The van der Waals surface area contributed by atoms with Gasteiger partial charge in [0.15, 0.2) is 0 Å². The van der Waals surface area contributed by atoms with Gasteiger partial charge in [-0.1, -0.05) is 66.5 Å².